The van der Waals surface area contributed by atoms with Crippen molar-refractivity contribution in [3.8, 4) is 0 Å². The zero-order valence-electron chi connectivity index (χ0n) is 17.8. The van der Waals surface area contributed by atoms with Crippen LogP contribution in [0.25, 0.3) is 0 Å². The molecule has 1 aliphatic carbocycles. The lowest BCUT2D eigenvalue weighted by Gasteiger charge is -2.45. The largest absolute Gasteiger partial charge is 0.305 e. The highest BCUT2D eigenvalue weighted by atomic mass is 16.1. The number of nitrogens with zero attached hydrogens (tertiary/aromatic N) is 2. The summed E-state index contributed by atoms with van der Waals surface area (Å²) in [6.07, 6.45) is 3.04. The van der Waals surface area contributed by atoms with Crippen molar-refractivity contribution in [1.82, 2.24) is 10.2 Å². The molecule has 2 aromatic carbocycles. The molecule has 1 fully saturated rings. The first-order valence-electron chi connectivity index (χ1n) is 11.0. The Kier molecular flexibility index (Phi) is 5.13. The third kappa shape index (κ3) is 3.44. The second-order valence-electron chi connectivity index (χ2n) is 8.97. The molecule has 3 unspecified atom stereocenters. The number of benzene rings is 2. The van der Waals surface area contributed by atoms with Gasteiger partial charge in [0.05, 0.1) is 0 Å². The van der Waals surface area contributed by atoms with Crippen LogP contribution < -0.4 is 5.32 Å². The summed E-state index contributed by atoms with van der Waals surface area (Å²) in [7, 11) is 4.19. The first-order valence-corrected chi connectivity index (χ1v) is 11.0. The topological polar surface area (TPSA) is 44.7 Å². The monoisotopic (exact) mass is 399 g/mol. The van der Waals surface area contributed by atoms with E-state index in [-0.39, 0.29) is 23.8 Å². The molecule has 1 saturated heterocycles. The van der Waals surface area contributed by atoms with E-state index in [2.05, 4.69) is 78.9 Å². The number of rotatable bonds is 4. The quantitative estimate of drug-likeness (QED) is 0.844. The summed E-state index contributed by atoms with van der Waals surface area (Å²) < 4.78 is 0. The maximum Gasteiger partial charge on any atom is 0.180 e. The molecule has 0 amide bonds. The molecule has 0 spiro atoms. The van der Waals surface area contributed by atoms with Crippen LogP contribution in [-0.4, -0.2) is 43.1 Å². The highest BCUT2D eigenvalue weighted by Gasteiger charge is 2.44. The van der Waals surface area contributed by atoms with E-state index in [1.165, 1.54) is 22.3 Å². The van der Waals surface area contributed by atoms with Crippen LogP contribution >= 0.6 is 0 Å². The van der Waals surface area contributed by atoms with Gasteiger partial charge in [-0.25, -0.2) is 0 Å². The number of ketones is 1. The number of Topliss-reactive ketones (excluding diaryl/α,β-unsaturated/α-hetero) is 1. The van der Waals surface area contributed by atoms with E-state index >= 15 is 0 Å². The minimum atomic E-state index is 0.119. The molecule has 30 heavy (non-hydrogen) atoms. The van der Waals surface area contributed by atoms with Crippen molar-refractivity contribution >= 4 is 11.5 Å². The van der Waals surface area contributed by atoms with Crippen LogP contribution in [0.4, 0.5) is 0 Å². The summed E-state index contributed by atoms with van der Waals surface area (Å²) in [6.45, 7) is 1.23. The van der Waals surface area contributed by atoms with E-state index < -0.39 is 0 Å². The zero-order chi connectivity index (χ0) is 20.7. The minimum Gasteiger partial charge on any atom is -0.305 e. The fourth-order valence-corrected chi connectivity index (χ4v) is 5.33. The summed E-state index contributed by atoms with van der Waals surface area (Å²) in [4.78, 5) is 19.7. The van der Waals surface area contributed by atoms with Gasteiger partial charge >= 0.3 is 0 Å². The first-order chi connectivity index (χ1) is 14.6. The molecule has 0 aromatic heterocycles. The van der Waals surface area contributed by atoms with Gasteiger partial charge in [0, 0.05) is 35.8 Å². The first kappa shape index (κ1) is 19.4. The van der Waals surface area contributed by atoms with Crippen LogP contribution in [0.15, 0.2) is 70.7 Å². The van der Waals surface area contributed by atoms with Crippen LogP contribution in [0.1, 0.15) is 47.9 Å². The summed E-state index contributed by atoms with van der Waals surface area (Å²) in [5.74, 6) is 0.340. The Morgan fingerprint density at radius 1 is 1.03 bits per heavy atom. The maximum absolute atomic E-state index is 12.6. The lowest BCUT2D eigenvalue weighted by Crippen LogP contribution is -2.51. The number of aliphatic imine (C=N–C) groups is 1. The van der Waals surface area contributed by atoms with Crippen molar-refractivity contribution in [3.63, 3.8) is 0 Å². The Hall–Kier alpha value is -2.56. The number of hydrogen-bond donors (Lipinski definition) is 1. The number of piperidine rings is 1. The van der Waals surface area contributed by atoms with Gasteiger partial charge < -0.3 is 10.2 Å². The lowest BCUT2D eigenvalue weighted by molar-refractivity contribution is -0.114. The summed E-state index contributed by atoms with van der Waals surface area (Å²) in [5.41, 5.74) is 7.23. The van der Waals surface area contributed by atoms with Gasteiger partial charge in [0.2, 0.25) is 0 Å². The molecule has 5 rings (SSSR count). The maximum atomic E-state index is 12.6. The highest BCUT2D eigenvalue weighted by molar-refractivity contribution is 6.17. The third-order valence-corrected chi connectivity index (χ3v) is 6.60. The van der Waals surface area contributed by atoms with Crippen molar-refractivity contribution in [2.45, 2.75) is 43.8 Å². The third-order valence-electron chi connectivity index (χ3n) is 6.60. The lowest BCUT2D eigenvalue weighted by atomic mass is 9.69. The van der Waals surface area contributed by atoms with Gasteiger partial charge in [-0.15, -0.1) is 0 Å². The average Bonchev–Trinajstić information content (AvgIpc) is 2.77. The second-order valence-corrected chi connectivity index (χ2v) is 8.97. The predicted octanol–water partition coefficient (Wildman–Crippen LogP) is 4.05. The zero-order valence-corrected chi connectivity index (χ0v) is 17.8. The standard InChI is InChI=1S/C26H29N3O/c1-29(2)16-17-11-13-18(14-12-17)23-25(19-7-4-3-5-8-19)28-21-10-6-9-20-22(30)15-27-26(23)24(20)21/h3-5,7-8,11-14,21,23,25,28H,6,9-10,15-16H2,1-2H3. The number of dihydropyridines is 1. The fourth-order valence-electron chi connectivity index (χ4n) is 5.33. The van der Waals surface area contributed by atoms with Crippen LogP contribution in [0.3, 0.4) is 0 Å². The van der Waals surface area contributed by atoms with Gasteiger partial charge in [-0.05, 0) is 55.6 Å². The van der Waals surface area contributed by atoms with Gasteiger partial charge in [0.1, 0.15) is 6.54 Å². The van der Waals surface area contributed by atoms with E-state index in [1.54, 1.807) is 0 Å². The van der Waals surface area contributed by atoms with Gasteiger partial charge in [-0.1, -0.05) is 54.6 Å². The normalized spacial score (nSPS) is 25.9. The second kappa shape index (κ2) is 7.93. The highest BCUT2D eigenvalue weighted by Crippen LogP contribution is 2.44. The van der Waals surface area contributed by atoms with Gasteiger partial charge in [0.25, 0.3) is 0 Å². The molecule has 2 aromatic rings. The molecule has 0 bridgehead atoms. The fraction of sp³-hybridized carbons (Fsp3) is 0.385. The van der Waals surface area contributed by atoms with E-state index in [0.717, 1.165) is 37.1 Å². The van der Waals surface area contributed by atoms with Crippen molar-refractivity contribution in [1.29, 1.82) is 0 Å². The Bertz CT molecular complexity index is 1000. The van der Waals surface area contributed by atoms with Crippen LogP contribution in [0, 0.1) is 0 Å². The van der Waals surface area contributed by atoms with Gasteiger partial charge in [-0.2, -0.15) is 0 Å². The van der Waals surface area contributed by atoms with E-state index in [4.69, 9.17) is 4.99 Å². The van der Waals surface area contributed by atoms with Crippen LogP contribution in [0.2, 0.25) is 0 Å². The van der Waals surface area contributed by atoms with Gasteiger partial charge in [-0.3, -0.25) is 9.79 Å². The molecule has 4 heteroatoms. The number of carbonyl (C=O) groups excluding carboxylic acids is 1. The Labute approximate surface area is 178 Å². The molecular formula is C26H29N3O. The predicted molar refractivity (Wildman–Crippen MR) is 121 cm³/mol. The van der Waals surface area contributed by atoms with E-state index in [9.17, 15) is 4.79 Å². The van der Waals surface area contributed by atoms with E-state index in [0.29, 0.717) is 6.54 Å². The molecule has 2 aliphatic heterocycles. The van der Waals surface area contributed by atoms with E-state index in [1.807, 2.05) is 0 Å². The number of hydrogen-bond acceptors (Lipinski definition) is 4. The molecule has 154 valence electrons. The van der Waals surface area contributed by atoms with Crippen molar-refractivity contribution in [2.75, 3.05) is 20.6 Å². The molecular weight excluding hydrogens is 370 g/mol. The average molecular weight is 400 g/mol. The Morgan fingerprint density at radius 3 is 2.53 bits per heavy atom. The SMILES string of the molecule is CN(C)Cc1ccc(C2C3=NCC(=O)C4=C3C(CCC4)NC2c2ccccc2)cc1. The van der Waals surface area contributed by atoms with Crippen LogP contribution in [0.5, 0.6) is 0 Å². The molecule has 1 N–H and O–H groups in total. The van der Waals surface area contributed by atoms with Crippen LogP contribution in [-0.2, 0) is 11.3 Å². The smallest absolute Gasteiger partial charge is 0.180 e. The number of nitrogens with one attached hydrogen (secondary N) is 1. The van der Waals surface area contributed by atoms with Gasteiger partial charge in [0.15, 0.2) is 5.78 Å². The molecule has 3 aliphatic rings. The van der Waals surface area contributed by atoms with Crippen molar-refractivity contribution < 1.29 is 4.79 Å². The number of carbonyl (C=O) groups is 1. The summed E-state index contributed by atoms with van der Waals surface area (Å²) >= 11 is 0. The molecule has 0 radical (unpaired) electrons. The van der Waals surface area contributed by atoms with Crippen molar-refractivity contribution in [3.05, 3.63) is 82.4 Å². The molecule has 0 saturated carbocycles. The summed E-state index contributed by atoms with van der Waals surface area (Å²) in [6, 6.07) is 20.1. The van der Waals surface area contributed by atoms with Crippen molar-refractivity contribution in [2.24, 2.45) is 4.99 Å². The Morgan fingerprint density at radius 2 is 1.80 bits per heavy atom. The Balaban J connectivity index is 1.61. The summed E-state index contributed by atoms with van der Waals surface area (Å²) in [5, 5.41) is 3.92. The minimum absolute atomic E-state index is 0.119. The molecule has 4 nitrogen and oxygen atoms in total. The molecule has 2 heterocycles. The molecule has 3 atom stereocenters.